The Bertz CT molecular complexity index is 1240. The maximum absolute atomic E-state index is 13.0. The molecule has 0 fully saturated rings. The second kappa shape index (κ2) is 8.89. The molecular weight excluding hydrogens is 448 g/mol. The van der Waals surface area contributed by atoms with Crippen molar-refractivity contribution in [2.24, 2.45) is 0 Å². The van der Waals surface area contributed by atoms with Crippen LogP contribution in [0.5, 0.6) is 5.75 Å². The molecule has 0 radical (unpaired) electrons. The van der Waals surface area contributed by atoms with E-state index in [0.717, 1.165) is 16.3 Å². The van der Waals surface area contributed by atoms with E-state index in [1.54, 1.807) is 30.3 Å². The third kappa shape index (κ3) is 4.47. The molecule has 1 amide bonds. The molecule has 0 unspecified atom stereocenters. The van der Waals surface area contributed by atoms with Crippen LogP contribution < -0.4 is 15.0 Å². The number of hydrogen-bond acceptors (Lipinski definition) is 7. The Kier molecular flexibility index (Phi) is 6.18. The highest BCUT2D eigenvalue weighted by molar-refractivity contribution is 7.89. The van der Waals surface area contributed by atoms with Gasteiger partial charge >= 0.3 is 0 Å². The molecule has 3 aromatic rings. The van der Waals surface area contributed by atoms with Crippen LogP contribution >= 0.6 is 11.3 Å². The number of carbonyl (C=O) groups excluding carboxylic acids is 1. The van der Waals surface area contributed by atoms with Gasteiger partial charge in [-0.3, -0.25) is 10.1 Å². The maximum Gasteiger partial charge on any atom is 0.257 e. The summed E-state index contributed by atoms with van der Waals surface area (Å²) in [5, 5.41) is 3.32. The number of rotatable bonds is 6. The minimum Gasteiger partial charge on any atom is -0.497 e. The van der Waals surface area contributed by atoms with Crippen molar-refractivity contribution >= 4 is 38.1 Å². The number of nitrogens with one attached hydrogen (secondary N) is 1. The standard InChI is InChI=1S/C22H24N4O4S2/c1-25(2)16-6-4-5-15(13-16)21(27)24-22-23-19-11-12-26(14-20(19)31-22)32(28,29)18-9-7-17(30-3)8-10-18/h4-10,13H,11-12,14H2,1-3H3,(H,23,24,27). The molecule has 0 saturated carbocycles. The number of hydrogen-bond donors (Lipinski definition) is 1. The van der Waals surface area contributed by atoms with E-state index in [2.05, 4.69) is 10.3 Å². The van der Waals surface area contributed by atoms with Crippen LogP contribution in [0.2, 0.25) is 0 Å². The van der Waals surface area contributed by atoms with Gasteiger partial charge in [0.2, 0.25) is 10.0 Å². The number of ether oxygens (including phenoxy) is 1. The SMILES string of the molecule is COc1ccc(S(=O)(=O)N2CCc3nc(NC(=O)c4cccc(N(C)C)c4)sc3C2)cc1. The Morgan fingerprint density at radius 1 is 1.19 bits per heavy atom. The molecule has 4 rings (SSSR count). The van der Waals surface area contributed by atoms with Crippen molar-refractivity contribution in [2.45, 2.75) is 17.9 Å². The van der Waals surface area contributed by atoms with Gasteiger partial charge in [-0.05, 0) is 42.5 Å². The first kappa shape index (κ1) is 22.3. The van der Waals surface area contributed by atoms with Gasteiger partial charge in [-0.15, -0.1) is 11.3 Å². The van der Waals surface area contributed by atoms with Crippen LogP contribution in [-0.4, -0.2) is 51.4 Å². The van der Waals surface area contributed by atoms with Crippen molar-refractivity contribution in [2.75, 3.05) is 38.0 Å². The monoisotopic (exact) mass is 472 g/mol. The van der Waals surface area contributed by atoms with Crippen molar-refractivity contribution in [3.8, 4) is 5.75 Å². The van der Waals surface area contributed by atoms with Gasteiger partial charge in [-0.25, -0.2) is 13.4 Å². The smallest absolute Gasteiger partial charge is 0.257 e. The highest BCUT2D eigenvalue weighted by atomic mass is 32.2. The Morgan fingerprint density at radius 2 is 1.94 bits per heavy atom. The fraction of sp³-hybridized carbons (Fsp3) is 0.273. The average molecular weight is 473 g/mol. The molecule has 1 aliphatic heterocycles. The number of fused-ring (bicyclic) bond motifs is 1. The summed E-state index contributed by atoms with van der Waals surface area (Å²) in [5.41, 5.74) is 2.29. The van der Waals surface area contributed by atoms with E-state index in [4.69, 9.17) is 4.74 Å². The molecule has 1 aliphatic rings. The lowest BCUT2D eigenvalue weighted by atomic mass is 10.2. The van der Waals surface area contributed by atoms with Crippen LogP contribution in [0.1, 0.15) is 20.9 Å². The van der Waals surface area contributed by atoms with E-state index < -0.39 is 10.0 Å². The largest absolute Gasteiger partial charge is 0.497 e. The minimum absolute atomic E-state index is 0.223. The van der Waals surface area contributed by atoms with Crippen molar-refractivity contribution in [1.29, 1.82) is 0 Å². The summed E-state index contributed by atoms with van der Waals surface area (Å²) in [6.45, 7) is 0.566. The number of methoxy groups -OCH3 is 1. The number of carbonyl (C=O) groups is 1. The van der Waals surface area contributed by atoms with Gasteiger partial charge in [0.15, 0.2) is 5.13 Å². The Hall–Kier alpha value is -2.95. The predicted molar refractivity (Wildman–Crippen MR) is 125 cm³/mol. The Labute approximate surface area is 191 Å². The van der Waals surface area contributed by atoms with Crippen molar-refractivity contribution < 1.29 is 17.9 Å². The Morgan fingerprint density at radius 3 is 2.62 bits per heavy atom. The quantitative estimate of drug-likeness (QED) is 0.592. The summed E-state index contributed by atoms with van der Waals surface area (Å²) in [5.74, 6) is 0.353. The van der Waals surface area contributed by atoms with Gasteiger partial charge in [-0.2, -0.15) is 4.31 Å². The highest BCUT2D eigenvalue weighted by Crippen LogP contribution is 2.31. The van der Waals surface area contributed by atoms with E-state index >= 15 is 0 Å². The molecule has 0 saturated heterocycles. The fourth-order valence-corrected chi connectivity index (χ4v) is 5.93. The average Bonchev–Trinajstić information content (AvgIpc) is 3.20. The molecule has 168 valence electrons. The highest BCUT2D eigenvalue weighted by Gasteiger charge is 2.30. The van der Waals surface area contributed by atoms with Crippen molar-refractivity contribution in [3.05, 3.63) is 64.7 Å². The molecule has 8 nitrogen and oxygen atoms in total. The molecule has 2 heterocycles. The number of aromatic nitrogens is 1. The molecule has 10 heteroatoms. The van der Waals surface area contributed by atoms with Crippen LogP contribution in [0.4, 0.5) is 10.8 Å². The predicted octanol–water partition coefficient (Wildman–Crippen LogP) is 3.22. The minimum atomic E-state index is -3.63. The van der Waals surface area contributed by atoms with E-state index in [1.165, 1.54) is 22.8 Å². The van der Waals surface area contributed by atoms with Gasteiger partial charge in [0.05, 0.1) is 24.2 Å². The molecule has 1 aromatic heterocycles. The van der Waals surface area contributed by atoms with E-state index in [-0.39, 0.29) is 17.3 Å². The third-order valence-electron chi connectivity index (χ3n) is 5.24. The molecule has 32 heavy (non-hydrogen) atoms. The first-order valence-corrected chi connectivity index (χ1v) is 12.2. The number of sulfonamides is 1. The molecule has 0 atom stereocenters. The van der Waals surface area contributed by atoms with Crippen LogP contribution in [0.3, 0.4) is 0 Å². The summed E-state index contributed by atoms with van der Waals surface area (Å²) < 4.78 is 32.6. The first-order chi connectivity index (χ1) is 15.3. The molecular formula is C22H24N4O4S2. The maximum atomic E-state index is 13.0. The second-order valence-electron chi connectivity index (χ2n) is 7.55. The van der Waals surface area contributed by atoms with Crippen LogP contribution in [0.25, 0.3) is 0 Å². The number of amides is 1. The van der Waals surface area contributed by atoms with Gasteiger partial charge in [0.25, 0.3) is 5.91 Å². The van der Waals surface area contributed by atoms with Gasteiger partial charge in [0.1, 0.15) is 5.75 Å². The zero-order chi connectivity index (χ0) is 22.9. The fourth-order valence-electron chi connectivity index (χ4n) is 3.42. The van der Waals surface area contributed by atoms with E-state index in [0.29, 0.717) is 29.4 Å². The van der Waals surface area contributed by atoms with E-state index in [9.17, 15) is 13.2 Å². The summed E-state index contributed by atoms with van der Waals surface area (Å²) >= 11 is 1.31. The normalized spacial score (nSPS) is 14.0. The van der Waals surface area contributed by atoms with Crippen LogP contribution in [-0.2, 0) is 23.0 Å². The number of thiazole rings is 1. The van der Waals surface area contributed by atoms with Crippen molar-refractivity contribution in [3.63, 3.8) is 0 Å². The first-order valence-electron chi connectivity index (χ1n) is 9.99. The summed E-state index contributed by atoms with van der Waals surface area (Å²) in [4.78, 5) is 20.2. The van der Waals surface area contributed by atoms with Crippen LogP contribution in [0.15, 0.2) is 53.4 Å². The summed E-state index contributed by atoms with van der Waals surface area (Å²) in [6, 6.07) is 13.7. The second-order valence-corrected chi connectivity index (χ2v) is 10.6. The molecule has 0 bridgehead atoms. The van der Waals surface area contributed by atoms with Crippen molar-refractivity contribution in [1.82, 2.24) is 9.29 Å². The lowest BCUT2D eigenvalue weighted by Crippen LogP contribution is -2.35. The molecule has 1 N–H and O–H groups in total. The van der Waals surface area contributed by atoms with Gasteiger partial charge in [-0.1, -0.05) is 6.07 Å². The third-order valence-corrected chi connectivity index (χ3v) is 8.10. The topological polar surface area (TPSA) is 91.8 Å². The molecule has 2 aromatic carbocycles. The lowest BCUT2D eigenvalue weighted by Gasteiger charge is -2.25. The van der Waals surface area contributed by atoms with E-state index in [1.807, 2.05) is 37.2 Å². The van der Waals surface area contributed by atoms with Crippen LogP contribution in [0, 0.1) is 0 Å². The molecule has 0 spiro atoms. The number of benzene rings is 2. The Balaban J connectivity index is 1.49. The zero-order valence-corrected chi connectivity index (χ0v) is 19.7. The summed E-state index contributed by atoms with van der Waals surface area (Å²) in [7, 11) is 1.73. The van der Waals surface area contributed by atoms with Gasteiger partial charge < -0.3 is 9.64 Å². The number of anilines is 2. The van der Waals surface area contributed by atoms with Gasteiger partial charge in [0, 0.05) is 43.2 Å². The summed E-state index contributed by atoms with van der Waals surface area (Å²) in [6.07, 6.45) is 0.493. The zero-order valence-electron chi connectivity index (χ0n) is 18.0. The lowest BCUT2D eigenvalue weighted by molar-refractivity contribution is 0.102. The number of nitrogens with zero attached hydrogens (tertiary/aromatic N) is 3. The molecule has 0 aliphatic carbocycles.